The van der Waals surface area contributed by atoms with E-state index in [1.54, 1.807) is 18.9 Å². The molecule has 2 rings (SSSR count). The quantitative estimate of drug-likeness (QED) is 0.799. The fourth-order valence-electron chi connectivity index (χ4n) is 1.26. The Morgan fingerprint density at radius 3 is 2.69 bits per heavy atom. The molecule has 1 aromatic heterocycles. The summed E-state index contributed by atoms with van der Waals surface area (Å²) < 4.78 is 6.13. The van der Waals surface area contributed by atoms with E-state index in [-0.39, 0.29) is 0 Å². The van der Waals surface area contributed by atoms with Crippen LogP contribution >= 0.6 is 27.7 Å². The van der Waals surface area contributed by atoms with Crippen molar-refractivity contribution in [2.75, 3.05) is 7.11 Å². The Labute approximate surface area is 107 Å². The molecule has 0 amide bonds. The molecule has 0 fully saturated rings. The highest BCUT2D eigenvalue weighted by Crippen LogP contribution is 2.33. The third kappa shape index (κ3) is 2.77. The van der Waals surface area contributed by atoms with Crippen molar-refractivity contribution in [2.45, 2.75) is 9.92 Å². The third-order valence-corrected chi connectivity index (χ3v) is 3.41. The van der Waals surface area contributed by atoms with Crippen molar-refractivity contribution >= 4 is 27.7 Å². The van der Waals surface area contributed by atoms with E-state index >= 15 is 0 Å². The highest BCUT2D eigenvalue weighted by atomic mass is 79.9. The predicted octanol–water partition coefficient (Wildman–Crippen LogP) is 4.00. The van der Waals surface area contributed by atoms with Crippen LogP contribution in [-0.4, -0.2) is 12.1 Å². The molecule has 16 heavy (non-hydrogen) atoms. The minimum atomic E-state index is 0.840. The Morgan fingerprint density at radius 1 is 1.12 bits per heavy atom. The zero-order valence-corrected chi connectivity index (χ0v) is 11.1. The van der Waals surface area contributed by atoms with Gasteiger partial charge < -0.3 is 4.74 Å². The average Bonchev–Trinajstić information content (AvgIpc) is 2.30. The summed E-state index contributed by atoms with van der Waals surface area (Å²) in [5.74, 6) is 0.870. The first-order valence-corrected chi connectivity index (χ1v) is 6.34. The molecule has 1 heterocycles. The van der Waals surface area contributed by atoms with Crippen LogP contribution in [0.5, 0.6) is 5.75 Å². The molecule has 0 atom stereocenters. The van der Waals surface area contributed by atoms with Gasteiger partial charge in [0.1, 0.15) is 15.4 Å². The van der Waals surface area contributed by atoms with Crippen LogP contribution < -0.4 is 4.74 Å². The van der Waals surface area contributed by atoms with Gasteiger partial charge in [0.15, 0.2) is 0 Å². The van der Waals surface area contributed by atoms with Crippen molar-refractivity contribution in [3.8, 4) is 5.75 Å². The molecule has 0 aliphatic heterocycles. The zero-order chi connectivity index (χ0) is 11.4. The maximum absolute atomic E-state index is 5.29. The number of rotatable bonds is 3. The summed E-state index contributed by atoms with van der Waals surface area (Å²) in [6.45, 7) is 0. The van der Waals surface area contributed by atoms with Gasteiger partial charge in [-0.05, 0) is 40.2 Å². The van der Waals surface area contributed by atoms with Crippen molar-refractivity contribution in [3.05, 3.63) is 47.1 Å². The molecular formula is C12H10BrNOS. The van der Waals surface area contributed by atoms with Gasteiger partial charge in [0.2, 0.25) is 0 Å². The monoisotopic (exact) mass is 295 g/mol. The lowest BCUT2D eigenvalue weighted by atomic mass is 10.3. The number of benzene rings is 1. The smallest absolute Gasteiger partial charge is 0.132 e. The number of hydrogen-bond donors (Lipinski definition) is 0. The average molecular weight is 296 g/mol. The van der Waals surface area contributed by atoms with E-state index in [0.717, 1.165) is 20.3 Å². The Morgan fingerprint density at radius 2 is 1.94 bits per heavy atom. The van der Waals surface area contributed by atoms with Gasteiger partial charge in [-0.2, -0.15) is 0 Å². The highest BCUT2D eigenvalue weighted by molar-refractivity contribution is 9.10. The number of para-hydroxylation sites is 1. The fourth-order valence-corrected chi connectivity index (χ4v) is 2.64. The van der Waals surface area contributed by atoms with Gasteiger partial charge in [-0.25, -0.2) is 4.98 Å². The first-order chi connectivity index (χ1) is 7.79. The molecule has 0 spiro atoms. The summed E-state index contributed by atoms with van der Waals surface area (Å²) in [7, 11) is 1.67. The number of methoxy groups -OCH3 is 1. The van der Waals surface area contributed by atoms with E-state index in [9.17, 15) is 0 Å². The summed E-state index contributed by atoms with van der Waals surface area (Å²) in [4.78, 5) is 5.43. The molecule has 2 aromatic rings. The molecule has 0 radical (unpaired) electrons. The first-order valence-electron chi connectivity index (χ1n) is 4.73. The molecule has 1 aromatic carbocycles. The van der Waals surface area contributed by atoms with Crippen LogP contribution in [0.1, 0.15) is 0 Å². The van der Waals surface area contributed by atoms with Crippen LogP contribution in [-0.2, 0) is 0 Å². The zero-order valence-electron chi connectivity index (χ0n) is 8.68. The fraction of sp³-hybridized carbons (Fsp3) is 0.0833. The molecule has 0 saturated carbocycles. The Bertz CT molecular complexity index is 490. The summed E-state index contributed by atoms with van der Waals surface area (Å²) in [5.41, 5.74) is 0. The Balaban J connectivity index is 2.26. The summed E-state index contributed by atoms with van der Waals surface area (Å²) in [6.07, 6.45) is 0. The van der Waals surface area contributed by atoms with Gasteiger partial charge in [0.05, 0.1) is 12.0 Å². The van der Waals surface area contributed by atoms with Crippen molar-refractivity contribution in [1.29, 1.82) is 0 Å². The second kappa shape index (κ2) is 5.37. The van der Waals surface area contributed by atoms with E-state index in [0.29, 0.717) is 0 Å². The normalized spacial score (nSPS) is 10.1. The minimum absolute atomic E-state index is 0.840. The molecule has 0 saturated heterocycles. The molecule has 0 N–H and O–H groups in total. The van der Waals surface area contributed by atoms with Crippen molar-refractivity contribution in [2.24, 2.45) is 0 Å². The molecule has 0 bridgehead atoms. The lowest BCUT2D eigenvalue weighted by Gasteiger charge is -2.06. The molecule has 0 aliphatic rings. The van der Waals surface area contributed by atoms with E-state index < -0.39 is 0 Å². The van der Waals surface area contributed by atoms with E-state index in [4.69, 9.17) is 4.74 Å². The van der Waals surface area contributed by atoms with Crippen LogP contribution in [0.2, 0.25) is 0 Å². The number of ether oxygens (including phenoxy) is 1. The second-order valence-electron chi connectivity index (χ2n) is 3.05. The number of nitrogens with zero attached hydrogens (tertiary/aromatic N) is 1. The summed E-state index contributed by atoms with van der Waals surface area (Å²) >= 11 is 4.94. The third-order valence-electron chi connectivity index (χ3n) is 1.97. The van der Waals surface area contributed by atoms with E-state index in [1.165, 1.54) is 0 Å². The highest BCUT2D eigenvalue weighted by Gasteiger charge is 2.04. The number of halogens is 1. The summed E-state index contributed by atoms with van der Waals surface area (Å²) in [6, 6.07) is 13.8. The lowest BCUT2D eigenvalue weighted by Crippen LogP contribution is -1.86. The van der Waals surface area contributed by atoms with Crippen molar-refractivity contribution in [1.82, 2.24) is 4.98 Å². The maximum Gasteiger partial charge on any atom is 0.132 e. The number of hydrogen-bond acceptors (Lipinski definition) is 3. The SMILES string of the molecule is COc1ccccc1Sc1cccc(Br)n1. The second-order valence-corrected chi connectivity index (χ2v) is 4.93. The van der Waals surface area contributed by atoms with Crippen molar-refractivity contribution in [3.63, 3.8) is 0 Å². The Kier molecular flexibility index (Phi) is 3.85. The number of aromatic nitrogens is 1. The standard InChI is InChI=1S/C12H10BrNOS/c1-15-9-5-2-3-6-10(9)16-12-8-4-7-11(13)14-12/h2-8H,1H3. The molecule has 2 nitrogen and oxygen atoms in total. The predicted molar refractivity (Wildman–Crippen MR) is 69.1 cm³/mol. The molecule has 82 valence electrons. The Hall–Kier alpha value is -1.000. The topological polar surface area (TPSA) is 22.1 Å². The van der Waals surface area contributed by atoms with Gasteiger partial charge in [-0.3, -0.25) is 0 Å². The largest absolute Gasteiger partial charge is 0.496 e. The number of pyridine rings is 1. The maximum atomic E-state index is 5.29. The van der Waals surface area contributed by atoms with Gasteiger partial charge in [0, 0.05) is 0 Å². The van der Waals surface area contributed by atoms with Crippen LogP contribution in [0.3, 0.4) is 0 Å². The van der Waals surface area contributed by atoms with Gasteiger partial charge in [-0.15, -0.1) is 0 Å². The van der Waals surface area contributed by atoms with Gasteiger partial charge in [-0.1, -0.05) is 30.0 Å². The van der Waals surface area contributed by atoms with Crippen LogP contribution in [0.4, 0.5) is 0 Å². The molecule has 0 aliphatic carbocycles. The van der Waals surface area contributed by atoms with E-state index in [1.807, 2.05) is 42.5 Å². The van der Waals surface area contributed by atoms with Crippen LogP contribution in [0, 0.1) is 0 Å². The van der Waals surface area contributed by atoms with Gasteiger partial charge >= 0.3 is 0 Å². The van der Waals surface area contributed by atoms with Gasteiger partial charge in [0.25, 0.3) is 0 Å². The minimum Gasteiger partial charge on any atom is -0.496 e. The van der Waals surface area contributed by atoms with Crippen LogP contribution in [0.15, 0.2) is 57.0 Å². The van der Waals surface area contributed by atoms with Crippen LogP contribution in [0.25, 0.3) is 0 Å². The first kappa shape index (κ1) is 11.5. The molecule has 4 heteroatoms. The van der Waals surface area contributed by atoms with E-state index in [2.05, 4.69) is 20.9 Å². The summed E-state index contributed by atoms with van der Waals surface area (Å²) in [5, 5.41) is 0.943. The molecule has 0 unspecified atom stereocenters. The lowest BCUT2D eigenvalue weighted by molar-refractivity contribution is 0.405. The molecular weight excluding hydrogens is 286 g/mol. The van der Waals surface area contributed by atoms with Crippen molar-refractivity contribution < 1.29 is 4.74 Å².